The summed E-state index contributed by atoms with van der Waals surface area (Å²) in [4.78, 5) is 12.5. The molecule has 1 N–H and O–H groups in total. The first-order valence-electron chi connectivity index (χ1n) is 6.89. The van der Waals surface area contributed by atoms with Crippen LogP contribution in [0.2, 0.25) is 0 Å². The molecule has 0 bridgehead atoms. The van der Waals surface area contributed by atoms with Gasteiger partial charge in [0.25, 0.3) is 0 Å². The van der Waals surface area contributed by atoms with E-state index in [1.807, 2.05) is 18.2 Å². The van der Waals surface area contributed by atoms with Gasteiger partial charge in [0, 0.05) is 16.7 Å². The molecule has 0 aliphatic heterocycles. The molecule has 3 rings (SSSR count). The van der Waals surface area contributed by atoms with Gasteiger partial charge in [0.05, 0.1) is 7.11 Å². The predicted molar refractivity (Wildman–Crippen MR) is 81.7 cm³/mol. The number of hydrogen-bond donors (Lipinski definition) is 1. The van der Waals surface area contributed by atoms with Crippen LogP contribution in [0.1, 0.15) is 27.9 Å². The average molecular weight is 280 g/mol. The van der Waals surface area contributed by atoms with Crippen molar-refractivity contribution in [2.45, 2.75) is 12.8 Å². The minimum absolute atomic E-state index is 0.0298. The zero-order valence-corrected chi connectivity index (χ0v) is 11.8. The third-order valence-corrected chi connectivity index (χ3v) is 3.78. The van der Waals surface area contributed by atoms with E-state index in [9.17, 15) is 9.90 Å². The van der Waals surface area contributed by atoms with Gasteiger partial charge in [0.2, 0.25) is 0 Å². The fourth-order valence-electron chi connectivity index (χ4n) is 2.62. The summed E-state index contributed by atoms with van der Waals surface area (Å²) < 4.78 is 5.19. The van der Waals surface area contributed by atoms with Crippen LogP contribution < -0.4 is 4.74 Å². The van der Waals surface area contributed by atoms with E-state index in [2.05, 4.69) is 0 Å². The van der Waals surface area contributed by atoms with Gasteiger partial charge in [-0.3, -0.25) is 4.79 Å². The Kier molecular flexibility index (Phi) is 3.48. The van der Waals surface area contributed by atoms with Crippen LogP contribution >= 0.6 is 0 Å². The normalized spacial score (nSPS) is 15.9. The highest BCUT2D eigenvalue weighted by molar-refractivity contribution is 6.13. The van der Waals surface area contributed by atoms with Crippen LogP contribution in [0.5, 0.6) is 11.5 Å². The maximum atomic E-state index is 12.5. The second-order valence-corrected chi connectivity index (χ2v) is 5.08. The second-order valence-electron chi connectivity index (χ2n) is 5.08. The van der Waals surface area contributed by atoms with E-state index in [1.54, 1.807) is 37.5 Å². The van der Waals surface area contributed by atoms with Gasteiger partial charge in [-0.1, -0.05) is 18.2 Å². The highest BCUT2D eigenvalue weighted by Crippen LogP contribution is 2.30. The highest BCUT2D eigenvalue weighted by atomic mass is 16.5. The number of Topliss-reactive ketones (excluding diaryl/α,β-unsaturated/α-hetero) is 1. The standard InChI is InChI=1S/C18H16O3/c1-21-15-8-9-16-12(11-15)6-7-14(18(16)20)10-13-4-2-3-5-17(13)19/h2-5,8-11,19H,6-7H2,1H3/b14-10-. The summed E-state index contributed by atoms with van der Waals surface area (Å²) in [6.07, 6.45) is 3.26. The quantitative estimate of drug-likeness (QED) is 0.855. The van der Waals surface area contributed by atoms with E-state index in [0.717, 1.165) is 28.9 Å². The lowest BCUT2D eigenvalue weighted by atomic mass is 9.86. The maximum absolute atomic E-state index is 12.5. The molecule has 21 heavy (non-hydrogen) atoms. The van der Waals surface area contributed by atoms with E-state index in [-0.39, 0.29) is 11.5 Å². The Balaban J connectivity index is 1.98. The Hall–Kier alpha value is -2.55. The smallest absolute Gasteiger partial charge is 0.189 e. The van der Waals surface area contributed by atoms with Gasteiger partial charge in [-0.15, -0.1) is 0 Å². The number of carbonyl (C=O) groups excluding carboxylic acids is 1. The first-order valence-corrected chi connectivity index (χ1v) is 6.89. The number of ether oxygens (including phenoxy) is 1. The molecule has 0 heterocycles. The van der Waals surface area contributed by atoms with Gasteiger partial charge >= 0.3 is 0 Å². The van der Waals surface area contributed by atoms with Crippen LogP contribution in [0.15, 0.2) is 48.0 Å². The van der Waals surface area contributed by atoms with Crippen LogP contribution in [-0.4, -0.2) is 18.0 Å². The first-order chi connectivity index (χ1) is 10.2. The van der Waals surface area contributed by atoms with Gasteiger partial charge in [-0.25, -0.2) is 0 Å². The molecule has 0 saturated carbocycles. The predicted octanol–water partition coefficient (Wildman–Crippen LogP) is 3.61. The SMILES string of the molecule is COc1ccc2c(c1)CC/C(=C/c1ccccc1O)C2=O. The van der Waals surface area contributed by atoms with Crippen LogP contribution in [0, 0.1) is 0 Å². The lowest BCUT2D eigenvalue weighted by molar-refractivity contribution is 0.102. The number of hydrogen-bond acceptors (Lipinski definition) is 3. The molecule has 0 unspecified atom stereocenters. The van der Waals surface area contributed by atoms with Gasteiger partial charge < -0.3 is 9.84 Å². The topological polar surface area (TPSA) is 46.5 Å². The lowest BCUT2D eigenvalue weighted by Crippen LogP contribution is -2.14. The fourth-order valence-corrected chi connectivity index (χ4v) is 2.62. The largest absolute Gasteiger partial charge is 0.507 e. The van der Waals surface area contributed by atoms with Crippen molar-refractivity contribution in [3.63, 3.8) is 0 Å². The molecule has 1 aliphatic rings. The molecule has 0 aromatic heterocycles. The van der Waals surface area contributed by atoms with Gasteiger partial charge in [0.15, 0.2) is 5.78 Å². The molecular formula is C18H16O3. The average Bonchev–Trinajstić information content (AvgIpc) is 2.51. The van der Waals surface area contributed by atoms with Crippen molar-refractivity contribution in [3.8, 4) is 11.5 Å². The molecule has 0 saturated heterocycles. The number of phenols is 1. The summed E-state index contributed by atoms with van der Waals surface area (Å²) in [6, 6.07) is 12.6. The number of benzene rings is 2. The van der Waals surface area contributed by atoms with E-state index in [1.165, 1.54) is 0 Å². The number of ketones is 1. The van der Waals surface area contributed by atoms with Crippen molar-refractivity contribution >= 4 is 11.9 Å². The summed E-state index contributed by atoms with van der Waals surface area (Å²) in [5.41, 5.74) is 3.16. The number of carbonyl (C=O) groups is 1. The Morgan fingerprint density at radius 2 is 1.95 bits per heavy atom. The number of allylic oxidation sites excluding steroid dienone is 1. The number of phenolic OH excluding ortho intramolecular Hbond substituents is 1. The van der Waals surface area contributed by atoms with Crippen LogP contribution in [-0.2, 0) is 6.42 Å². The summed E-state index contributed by atoms with van der Waals surface area (Å²) in [7, 11) is 1.62. The zero-order chi connectivity index (χ0) is 14.8. The zero-order valence-electron chi connectivity index (χ0n) is 11.8. The third kappa shape index (κ3) is 2.55. The monoisotopic (exact) mass is 280 g/mol. The molecule has 2 aromatic rings. The summed E-state index contributed by atoms with van der Waals surface area (Å²) in [6.45, 7) is 0. The molecule has 0 fully saturated rings. The third-order valence-electron chi connectivity index (χ3n) is 3.78. The second kappa shape index (κ2) is 5.44. The summed E-state index contributed by atoms with van der Waals surface area (Å²) in [5, 5.41) is 9.82. The van der Waals surface area contributed by atoms with E-state index >= 15 is 0 Å². The van der Waals surface area contributed by atoms with Crippen LogP contribution in [0.3, 0.4) is 0 Å². The van der Waals surface area contributed by atoms with Crippen LogP contribution in [0.25, 0.3) is 6.08 Å². The number of rotatable bonds is 2. The number of aryl methyl sites for hydroxylation is 1. The van der Waals surface area contributed by atoms with Crippen molar-refractivity contribution in [2.24, 2.45) is 0 Å². The Morgan fingerprint density at radius 1 is 1.14 bits per heavy atom. The molecule has 0 spiro atoms. The summed E-state index contributed by atoms with van der Waals surface area (Å²) >= 11 is 0. The van der Waals surface area contributed by atoms with Crippen molar-refractivity contribution in [1.29, 1.82) is 0 Å². The van der Waals surface area contributed by atoms with E-state index < -0.39 is 0 Å². The fraction of sp³-hybridized carbons (Fsp3) is 0.167. The molecule has 3 heteroatoms. The molecule has 1 aliphatic carbocycles. The lowest BCUT2D eigenvalue weighted by Gasteiger charge is -2.18. The van der Waals surface area contributed by atoms with Gasteiger partial charge in [-0.05, 0) is 48.7 Å². The van der Waals surface area contributed by atoms with Crippen molar-refractivity contribution in [3.05, 3.63) is 64.7 Å². The van der Waals surface area contributed by atoms with Crippen molar-refractivity contribution < 1.29 is 14.6 Å². The number of methoxy groups -OCH3 is 1. The van der Waals surface area contributed by atoms with Gasteiger partial charge in [-0.2, -0.15) is 0 Å². The highest BCUT2D eigenvalue weighted by Gasteiger charge is 2.22. The van der Waals surface area contributed by atoms with E-state index in [0.29, 0.717) is 12.0 Å². The van der Waals surface area contributed by atoms with Crippen LogP contribution in [0.4, 0.5) is 0 Å². The Labute approximate surface area is 123 Å². The summed E-state index contributed by atoms with van der Waals surface area (Å²) in [5.74, 6) is 0.996. The van der Waals surface area contributed by atoms with E-state index in [4.69, 9.17) is 4.74 Å². The van der Waals surface area contributed by atoms with Crippen molar-refractivity contribution in [1.82, 2.24) is 0 Å². The Morgan fingerprint density at radius 3 is 2.71 bits per heavy atom. The number of para-hydroxylation sites is 1. The van der Waals surface area contributed by atoms with Gasteiger partial charge in [0.1, 0.15) is 11.5 Å². The molecule has 0 amide bonds. The molecule has 0 atom stereocenters. The molecular weight excluding hydrogens is 264 g/mol. The molecule has 0 radical (unpaired) electrons. The van der Waals surface area contributed by atoms with Crippen molar-refractivity contribution in [2.75, 3.05) is 7.11 Å². The molecule has 3 nitrogen and oxygen atoms in total. The minimum atomic E-state index is 0.0298. The minimum Gasteiger partial charge on any atom is -0.507 e. The molecule has 106 valence electrons. The Bertz CT molecular complexity index is 729. The number of aromatic hydroxyl groups is 1. The number of fused-ring (bicyclic) bond motifs is 1. The first kappa shape index (κ1) is 13.4. The molecule has 2 aromatic carbocycles. The maximum Gasteiger partial charge on any atom is 0.189 e.